The first-order valence-electron chi connectivity index (χ1n) is 11.1. The van der Waals surface area contributed by atoms with E-state index in [2.05, 4.69) is 32.0 Å². The molecular weight excluding hydrogens is 445 g/mol. The quantitative estimate of drug-likeness (QED) is 0.351. The normalized spacial score (nSPS) is 11.0. The maximum Gasteiger partial charge on any atom is 0.247 e. The largest absolute Gasteiger partial charge is 0.372 e. The fraction of sp³-hybridized carbons (Fsp3) is 0.192. The minimum atomic E-state index is -0.340. The van der Waals surface area contributed by atoms with E-state index in [0.29, 0.717) is 22.9 Å². The van der Waals surface area contributed by atoms with Crippen LogP contribution in [-0.2, 0) is 4.79 Å². The summed E-state index contributed by atoms with van der Waals surface area (Å²) in [7, 11) is 6.02. The number of nitrogens with one attached hydrogen (secondary N) is 2. The van der Waals surface area contributed by atoms with E-state index in [0.717, 1.165) is 30.0 Å². The van der Waals surface area contributed by atoms with Crippen LogP contribution in [0.1, 0.15) is 0 Å². The van der Waals surface area contributed by atoms with Crippen molar-refractivity contribution in [3.8, 4) is 11.4 Å². The maximum absolute atomic E-state index is 13.9. The molecule has 0 radical (unpaired) electrons. The van der Waals surface area contributed by atoms with Crippen LogP contribution in [0.2, 0.25) is 0 Å². The van der Waals surface area contributed by atoms with Crippen LogP contribution >= 0.6 is 0 Å². The van der Waals surface area contributed by atoms with Gasteiger partial charge in [0.15, 0.2) is 0 Å². The fourth-order valence-corrected chi connectivity index (χ4v) is 3.67. The van der Waals surface area contributed by atoms with E-state index < -0.39 is 0 Å². The minimum absolute atomic E-state index is 0.295. The summed E-state index contributed by atoms with van der Waals surface area (Å²) in [5.74, 6) is 0.485. The van der Waals surface area contributed by atoms with Gasteiger partial charge in [-0.2, -0.15) is 0 Å². The highest BCUT2D eigenvalue weighted by atomic mass is 19.1. The molecule has 0 saturated carbocycles. The zero-order valence-electron chi connectivity index (χ0n) is 20.0. The third-order valence-electron chi connectivity index (χ3n) is 5.50. The van der Waals surface area contributed by atoms with Crippen LogP contribution in [-0.4, -0.2) is 59.4 Å². The molecule has 0 bridgehead atoms. The van der Waals surface area contributed by atoms with Gasteiger partial charge >= 0.3 is 0 Å². The summed E-state index contributed by atoms with van der Waals surface area (Å²) in [4.78, 5) is 25.2. The summed E-state index contributed by atoms with van der Waals surface area (Å²) in [5.41, 5.74) is 3.70. The average molecular weight is 474 g/mol. The number of halogens is 1. The van der Waals surface area contributed by atoms with Crippen molar-refractivity contribution in [1.29, 1.82) is 0 Å². The summed E-state index contributed by atoms with van der Waals surface area (Å²) in [6.07, 6.45) is 4.60. The highest BCUT2D eigenvalue weighted by Gasteiger charge is 2.13. The summed E-state index contributed by atoms with van der Waals surface area (Å²) in [6, 6.07) is 13.9. The van der Waals surface area contributed by atoms with E-state index >= 15 is 0 Å². The number of carbonyl (C=O) groups is 1. The number of anilines is 4. The number of imidazole rings is 1. The molecule has 35 heavy (non-hydrogen) atoms. The molecule has 0 unspecified atom stereocenters. The number of benzene rings is 2. The van der Waals surface area contributed by atoms with Gasteiger partial charge in [-0.3, -0.25) is 9.20 Å². The van der Waals surface area contributed by atoms with Crippen molar-refractivity contribution in [1.82, 2.24) is 19.3 Å². The second-order valence-corrected chi connectivity index (χ2v) is 8.44. The number of aromatic nitrogens is 3. The smallest absolute Gasteiger partial charge is 0.247 e. The molecule has 1 amide bonds. The van der Waals surface area contributed by atoms with Gasteiger partial charge in [-0.15, -0.1) is 0 Å². The number of carbonyl (C=O) groups excluding carboxylic acids is 1. The number of likely N-dealkylation sites (N-methyl/N-ethyl adjacent to an activating group) is 2. The number of amides is 1. The van der Waals surface area contributed by atoms with Crippen molar-refractivity contribution in [3.63, 3.8) is 0 Å². The molecule has 0 spiro atoms. The molecule has 0 aliphatic rings. The Morgan fingerprint density at radius 2 is 1.97 bits per heavy atom. The van der Waals surface area contributed by atoms with Gasteiger partial charge in [-0.1, -0.05) is 18.7 Å². The summed E-state index contributed by atoms with van der Waals surface area (Å²) < 4.78 is 15.7. The van der Waals surface area contributed by atoms with Crippen molar-refractivity contribution < 1.29 is 9.18 Å². The second kappa shape index (κ2) is 10.4. The Hall–Kier alpha value is -4.24. The topological polar surface area (TPSA) is 77.8 Å². The van der Waals surface area contributed by atoms with Gasteiger partial charge in [0.05, 0.1) is 23.1 Å². The van der Waals surface area contributed by atoms with E-state index in [4.69, 9.17) is 4.98 Å². The molecule has 2 aromatic heterocycles. The van der Waals surface area contributed by atoms with E-state index in [1.54, 1.807) is 29.1 Å². The SMILES string of the molecule is C=CC(=O)Nc1cc(Nc2cc3cncn3c(-c3cccc(F)c3)n2)ccc1N(C)CCN(C)C. The molecule has 0 fully saturated rings. The Labute approximate surface area is 203 Å². The molecule has 0 saturated heterocycles. The van der Waals surface area contributed by atoms with E-state index in [1.807, 2.05) is 45.4 Å². The number of nitrogens with zero attached hydrogens (tertiary/aromatic N) is 5. The molecule has 2 aromatic carbocycles. The predicted molar refractivity (Wildman–Crippen MR) is 139 cm³/mol. The van der Waals surface area contributed by atoms with Crippen LogP contribution < -0.4 is 15.5 Å². The van der Waals surface area contributed by atoms with Crippen molar-refractivity contribution in [2.24, 2.45) is 0 Å². The molecule has 4 rings (SSSR count). The Morgan fingerprint density at radius 1 is 1.14 bits per heavy atom. The van der Waals surface area contributed by atoms with E-state index in [-0.39, 0.29) is 11.7 Å². The molecule has 2 N–H and O–H groups in total. The number of hydrogen-bond donors (Lipinski definition) is 2. The first kappa shape index (κ1) is 23.9. The standard InChI is InChI=1S/C26H28FN7O/c1-5-25(35)30-22-14-20(9-10-23(22)33(4)12-11-32(2)3)29-24-15-21-16-28-17-34(21)26(31-24)18-7-6-8-19(27)13-18/h5-10,13-17,29H,1,11-12H2,2-4H3,(H,30,35). The fourth-order valence-electron chi connectivity index (χ4n) is 3.67. The zero-order valence-corrected chi connectivity index (χ0v) is 20.0. The van der Waals surface area contributed by atoms with Crippen molar-refractivity contribution in [2.75, 3.05) is 49.8 Å². The Kier molecular flexibility index (Phi) is 7.07. The summed E-state index contributed by atoms with van der Waals surface area (Å²) in [5, 5.41) is 6.20. The lowest BCUT2D eigenvalue weighted by atomic mass is 10.2. The third kappa shape index (κ3) is 5.64. The van der Waals surface area contributed by atoms with Crippen molar-refractivity contribution >= 4 is 34.3 Å². The first-order valence-corrected chi connectivity index (χ1v) is 11.1. The van der Waals surface area contributed by atoms with Gasteiger partial charge in [-0.05, 0) is 50.5 Å². The number of rotatable bonds is 9. The van der Waals surface area contributed by atoms with Gasteiger partial charge in [0.2, 0.25) is 5.91 Å². The highest BCUT2D eigenvalue weighted by Crippen LogP contribution is 2.31. The summed E-state index contributed by atoms with van der Waals surface area (Å²) in [6.45, 7) is 5.21. The molecule has 0 aliphatic heterocycles. The minimum Gasteiger partial charge on any atom is -0.372 e. The zero-order chi connectivity index (χ0) is 24.9. The van der Waals surface area contributed by atoms with Crippen molar-refractivity contribution in [2.45, 2.75) is 0 Å². The molecule has 8 nitrogen and oxygen atoms in total. The lowest BCUT2D eigenvalue weighted by Crippen LogP contribution is -2.29. The van der Waals surface area contributed by atoms with Gasteiger partial charge in [-0.25, -0.2) is 14.4 Å². The van der Waals surface area contributed by atoms with Crippen LogP contribution in [0.15, 0.2) is 73.7 Å². The number of fused-ring (bicyclic) bond motifs is 1. The predicted octanol–water partition coefficient (Wildman–Crippen LogP) is 4.40. The molecule has 2 heterocycles. The monoisotopic (exact) mass is 473 g/mol. The van der Waals surface area contributed by atoms with E-state index in [9.17, 15) is 9.18 Å². The van der Waals surface area contributed by atoms with Gasteiger partial charge < -0.3 is 20.4 Å². The van der Waals surface area contributed by atoms with Crippen LogP contribution in [0.5, 0.6) is 0 Å². The Bertz CT molecular complexity index is 1370. The lowest BCUT2D eigenvalue weighted by molar-refractivity contribution is -0.111. The van der Waals surface area contributed by atoms with Gasteiger partial charge in [0.25, 0.3) is 0 Å². The van der Waals surface area contributed by atoms with Crippen LogP contribution in [0.25, 0.3) is 16.9 Å². The first-order chi connectivity index (χ1) is 16.8. The van der Waals surface area contributed by atoms with Crippen LogP contribution in [0.4, 0.5) is 27.3 Å². The average Bonchev–Trinajstić information content (AvgIpc) is 3.31. The van der Waals surface area contributed by atoms with Crippen molar-refractivity contribution in [3.05, 3.63) is 79.5 Å². The molecule has 4 aromatic rings. The second-order valence-electron chi connectivity index (χ2n) is 8.44. The van der Waals surface area contributed by atoms with Gasteiger partial charge in [0, 0.05) is 37.5 Å². The molecular formula is C26H28FN7O. The van der Waals surface area contributed by atoms with Gasteiger partial charge in [0.1, 0.15) is 23.8 Å². The molecule has 0 atom stereocenters. The summed E-state index contributed by atoms with van der Waals surface area (Å²) >= 11 is 0. The Morgan fingerprint density at radius 3 is 2.71 bits per heavy atom. The van der Waals surface area contributed by atoms with Crippen LogP contribution in [0, 0.1) is 5.82 Å². The maximum atomic E-state index is 13.9. The highest BCUT2D eigenvalue weighted by molar-refractivity contribution is 6.01. The Balaban J connectivity index is 1.69. The molecule has 0 aliphatic carbocycles. The van der Waals surface area contributed by atoms with E-state index in [1.165, 1.54) is 18.2 Å². The van der Waals surface area contributed by atoms with Crippen LogP contribution in [0.3, 0.4) is 0 Å². The molecule has 9 heteroatoms. The molecule has 180 valence electrons. The lowest BCUT2D eigenvalue weighted by Gasteiger charge is -2.25. The number of hydrogen-bond acceptors (Lipinski definition) is 6. The third-order valence-corrected chi connectivity index (χ3v) is 5.50.